The molecule has 0 saturated carbocycles. The second kappa shape index (κ2) is 7.04. The van der Waals surface area contributed by atoms with Gasteiger partial charge in [-0.15, -0.1) is 0 Å². The van der Waals surface area contributed by atoms with Gasteiger partial charge < -0.3 is 10.2 Å². The molecule has 0 aliphatic carbocycles. The van der Waals surface area contributed by atoms with Crippen LogP contribution in [0.2, 0.25) is 5.02 Å². The highest BCUT2D eigenvalue weighted by atomic mass is 35.5. The zero-order valence-corrected chi connectivity index (χ0v) is 12.4. The Balaban J connectivity index is 1.78. The number of amides is 1. The molecule has 1 heterocycles. The van der Waals surface area contributed by atoms with Gasteiger partial charge in [-0.2, -0.15) is 0 Å². The van der Waals surface area contributed by atoms with E-state index in [4.69, 9.17) is 11.6 Å². The third-order valence-electron chi connectivity index (χ3n) is 3.60. The molecule has 1 amide bonds. The third kappa shape index (κ3) is 4.46. The molecule has 1 aliphatic heterocycles. The average Bonchev–Trinajstić information content (AvgIpc) is 2.41. The van der Waals surface area contributed by atoms with E-state index in [1.807, 2.05) is 0 Å². The minimum atomic E-state index is -0.480. The molecule has 20 heavy (non-hydrogen) atoms. The standard InChI is InChI=1S/C15H20ClFN2O/c1-11-3-2-7-19(10-11)8-6-15(20)18-12-4-5-14(17)13(16)9-12/h4-5,9,11H,2-3,6-8,10H2,1H3,(H,18,20). The van der Waals surface area contributed by atoms with E-state index < -0.39 is 5.82 Å². The largest absolute Gasteiger partial charge is 0.326 e. The first-order chi connectivity index (χ1) is 9.54. The van der Waals surface area contributed by atoms with Crippen LogP contribution in [0.1, 0.15) is 26.2 Å². The highest BCUT2D eigenvalue weighted by Crippen LogP contribution is 2.20. The summed E-state index contributed by atoms with van der Waals surface area (Å²) in [4.78, 5) is 14.2. The SMILES string of the molecule is CC1CCCN(CCC(=O)Nc2ccc(F)c(Cl)c2)C1. The Morgan fingerprint density at radius 1 is 1.55 bits per heavy atom. The van der Waals surface area contributed by atoms with Crippen molar-refractivity contribution in [3.63, 3.8) is 0 Å². The summed E-state index contributed by atoms with van der Waals surface area (Å²) in [5.74, 6) is 0.167. The summed E-state index contributed by atoms with van der Waals surface area (Å²) < 4.78 is 13.0. The number of nitrogens with zero attached hydrogens (tertiary/aromatic N) is 1. The molecular formula is C15H20ClFN2O. The minimum Gasteiger partial charge on any atom is -0.326 e. The quantitative estimate of drug-likeness (QED) is 0.922. The number of piperidine rings is 1. The molecule has 0 spiro atoms. The number of anilines is 1. The van der Waals surface area contributed by atoms with Crippen molar-refractivity contribution < 1.29 is 9.18 Å². The number of carbonyl (C=O) groups is 1. The van der Waals surface area contributed by atoms with Crippen molar-refractivity contribution in [1.29, 1.82) is 0 Å². The highest BCUT2D eigenvalue weighted by Gasteiger charge is 2.16. The van der Waals surface area contributed by atoms with Gasteiger partial charge in [0.1, 0.15) is 5.82 Å². The number of nitrogens with one attached hydrogen (secondary N) is 1. The molecule has 5 heteroatoms. The molecule has 3 nitrogen and oxygen atoms in total. The molecular weight excluding hydrogens is 279 g/mol. The van der Waals surface area contributed by atoms with Crippen LogP contribution in [-0.2, 0) is 4.79 Å². The van der Waals surface area contributed by atoms with Gasteiger partial charge in [-0.05, 0) is 43.5 Å². The molecule has 1 unspecified atom stereocenters. The predicted molar refractivity (Wildman–Crippen MR) is 79.5 cm³/mol. The van der Waals surface area contributed by atoms with E-state index in [0.717, 1.165) is 19.6 Å². The molecule has 1 atom stereocenters. The zero-order chi connectivity index (χ0) is 14.5. The fraction of sp³-hybridized carbons (Fsp3) is 0.533. The first kappa shape index (κ1) is 15.3. The predicted octanol–water partition coefficient (Wildman–Crippen LogP) is 3.54. The van der Waals surface area contributed by atoms with Crippen molar-refractivity contribution in [2.24, 2.45) is 5.92 Å². The molecule has 1 aromatic carbocycles. The summed E-state index contributed by atoms with van der Waals surface area (Å²) in [6.45, 7) is 5.15. The summed E-state index contributed by atoms with van der Waals surface area (Å²) in [6.07, 6.45) is 2.93. The van der Waals surface area contributed by atoms with Crippen LogP contribution in [0.5, 0.6) is 0 Å². The molecule has 0 radical (unpaired) electrons. The van der Waals surface area contributed by atoms with E-state index in [1.165, 1.54) is 31.0 Å². The molecule has 0 bridgehead atoms. The minimum absolute atomic E-state index is 0.0210. The molecule has 1 fully saturated rings. The zero-order valence-electron chi connectivity index (χ0n) is 11.7. The van der Waals surface area contributed by atoms with Gasteiger partial charge in [0, 0.05) is 25.2 Å². The van der Waals surface area contributed by atoms with Gasteiger partial charge >= 0.3 is 0 Å². The van der Waals surface area contributed by atoms with Crippen LogP contribution in [0.15, 0.2) is 18.2 Å². The van der Waals surface area contributed by atoms with Gasteiger partial charge in [-0.1, -0.05) is 18.5 Å². The first-order valence-corrected chi connectivity index (χ1v) is 7.39. The van der Waals surface area contributed by atoms with Crippen LogP contribution < -0.4 is 5.32 Å². The Bertz CT molecular complexity index is 481. The molecule has 0 aromatic heterocycles. The van der Waals surface area contributed by atoms with Crippen molar-refractivity contribution >= 4 is 23.2 Å². The number of benzene rings is 1. The Kier molecular flexibility index (Phi) is 5.38. The lowest BCUT2D eigenvalue weighted by molar-refractivity contribution is -0.116. The summed E-state index contributed by atoms with van der Waals surface area (Å²) in [7, 11) is 0. The monoisotopic (exact) mass is 298 g/mol. The highest BCUT2D eigenvalue weighted by molar-refractivity contribution is 6.31. The van der Waals surface area contributed by atoms with Crippen LogP contribution >= 0.6 is 11.6 Å². The van der Waals surface area contributed by atoms with Gasteiger partial charge in [-0.25, -0.2) is 4.39 Å². The van der Waals surface area contributed by atoms with E-state index in [-0.39, 0.29) is 10.9 Å². The van der Waals surface area contributed by atoms with Crippen LogP contribution in [0, 0.1) is 11.7 Å². The third-order valence-corrected chi connectivity index (χ3v) is 3.89. The fourth-order valence-corrected chi connectivity index (χ4v) is 2.73. The number of halogens is 2. The summed E-state index contributed by atoms with van der Waals surface area (Å²) in [5.41, 5.74) is 0.536. The maximum Gasteiger partial charge on any atom is 0.225 e. The number of rotatable bonds is 4. The summed E-state index contributed by atoms with van der Waals surface area (Å²) >= 11 is 5.68. The van der Waals surface area contributed by atoms with Crippen molar-refractivity contribution in [2.75, 3.05) is 25.0 Å². The topological polar surface area (TPSA) is 32.3 Å². The van der Waals surface area contributed by atoms with Crippen molar-refractivity contribution in [1.82, 2.24) is 4.90 Å². The smallest absolute Gasteiger partial charge is 0.225 e. The van der Waals surface area contributed by atoms with Gasteiger partial charge in [-0.3, -0.25) is 4.79 Å². The Labute approximate surface area is 124 Å². The number of hydrogen-bond donors (Lipinski definition) is 1. The summed E-state index contributed by atoms with van der Waals surface area (Å²) in [6, 6.07) is 4.20. The van der Waals surface area contributed by atoms with Crippen LogP contribution in [-0.4, -0.2) is 30.4 Å². The van der Waals surface area contributed by atoms with E-state index in [0.29, 0.717) is 18.0 Å². The van der Waals surface area contributed by atoms with E-state index in [1.54, 1.807) is 0 Å². The Hall–Kier alpha value is -1.13. The maximum atomic E-state index is 13.0. The number of likely N-dealkylation sites (tertiary alicyclic amines) is 1. The van der Waals surface area contributed by atoms with Crippen LogP contribution in [0.25, 0.3) is 0 Å². The van der Waals surface area contributed by atoms with E-state index in [9.17, 15) is 9.18 Å². The van der Waals surface area contributed by atoms with Crippen molar-refractivity contribution in [3.05, 3.63) is 29.0 Å². The molecule has 1 aromatic rings. The second-order valence-corrected chi connectivity index (χ2v) is 5.88. The lowest BCUT2D eigenvalue weighted by Crippen LogP contribution is -2.36. The molecule has 1 saturated heterocycles. The molecule has 110 valence electrons. The van der Waals surface area contributed by atoms with Gasteiger partial charge in [0.2, 0.25) is 5.91 Å². The molecule has 2 rings (SSSR count). The van der Waals surface area contributed by atoms with E-state index >= 15 is 0 Å². The fourth-order valence-electron chi connectivity index (χ4n) is 2.55. The van der Waals surface area contributed by atoms with Crippen LogP contribution in [0.3, 0.4) is 0 Å². The lowest BCUT2D eigenvalue weighted by Gasteiger charge is -2.30. The maximum absolute atomic E-state index is 13.0. The number of carbonyl (C=O) groups excluding carboxylic acids is 1. The second-order valence-electron chi connectivity index (χ2n) is 5.48. The Morgan fingerprint density at radius 3 is 3.05 bits per heavy atom. The van der Waals surface area contributed by atoms with Crippen LogP contribution in [0.4, 0.5) is 10.1 Å². The van der Waals surface area contributed by atoms with Gasteiger partial charge in [0.25, 0.3) is 0 Å². The molecule has 1 N–H and O–H groups in total. The van der Waals surface area contributed by atoms with E-state index in [2.05, 4.69) is 17.1 Å². The van der Waals surface area contributed by atoms with Gasteiger partial charge in [0.15, 0.2) is 0 Å². The average molecular weight is 299 g/mol. The lowest BCUT2D eigenvalue weighted by atomic mass is 10.0. The van der Waals surface area contributed by atoms with Crippen molar-refractivity contribution in [3.8, 4) is 0 Å². The normalized spacial score (nSPS) is 19.9. The number of hydrogen-bond acceptors (Lipinski definition) is 2. The van der Waals surface area contributed by atoms with Gasteiger partial charge in [0.05, 0.1) is 5.02 Å². The molecule has 1 aliphatic rings. The Morgan fingerprint density at radius 2 is 2.35 bits per heavy atom. The van der Waals surface area contributed by atoms with Crippen molar-refractivity contribution in [2.45, 2.75) is 26.2 Å². The summed E-state index contributed by atoms with van der Waals surface area (Å²) in [5, 5.41) is 2.77. The first-order valence-electron chi connectivity index (χ1n) is 7.02.